The van der Waals surface area contributed by atoms with Gasteiger partial charge in [-0.15, -0.1) is 0 Å². The summed E-state index contributed by atoms with van der Waals surface area (Å²) >= 11 is 0. The van der Waals surface area contributed by atoms with E-state index in [1.807, 2.05) is 0 Å². The molecule has 0 unspecified atom stereocenters. The van der Waals surface area contributed by atoms with Crippen molar-refractivity contribution in [3.05, 3.63) is 34.6 Å². The molecule has 8 nitrogen and oxygen atoms in total. The molecule has 0 aliphatic carbocycles. The molecular weight excluding hydrogens is 324 g/mol. The van der Waals surface area contributed by atoms with Crippen LogP contribution in [0.3, 0.4) is 0 Å². The van der Waals surface area contributed by atoms with Crippen LogP contribution >= 0.6 is 0 Å². The summed E-state index contributed by atoms with van der Waals surface area (Å²) in [7, 11) is 4.70. The van der Waals surface area contributed by atoms with Crippen LogP contribution in [0.1, 0.15) is 27.3 Å². The van der Waals surface area contributed by atoms with Gasteiger partial charge >= 0.3 is 0 Å². The van der Waals surface area contributed by atoms with Gasteiger partial charge in [-0.25, -0.2) is 0 Å². The zero-order chi connectivity index (χ0) is 17.8. The van der Waals surface area contributed by atoms with Gasteiger partial charge in [0.05, 0.1) is 21.3 Å². The van der Waals surface area contributed by atoms with Crippen LogP contribution in [-0.2, 0) is 19.5 Å². The standard InChI is InChI=1S/C17H22N4O4/c1-23-13-7-15(25-3)14(24-2)6-10(13)8-19-17(22)16-11-9-18-5-4-12(11)20-21-16/h6-7,18H,4-5,8-9H2,1-3H3,(H,19,22)(H,20,21). The highest BCUT2D eigenvalue weighted by molar-refractivity contribution is 5.94. The number of nitrogens with zero attached hydrogens (tertiary/aromatic N) is 1. The predicted molar refractivity (Wildman–Crippen MR) is 91.3 cm³/mol. The molecule has 0 saturated heterocycles. The van der Waals surface area contributed by atoms with Gasteiger partial charge in [-0.3, -0.25) is 9.89 Å². The Kier molecular flexibility index (Phi) is 5.08. The Balaban J connectivity index is 1.77. The molecule has 2 heterocycles. The number of rotatable bonds is 6. The minimum Gasteiger partial charge on any atom is -0.496 e. The highest BCUT2D eigenvalue weighted by Crippen LogP contribution is 2.34. The van der Waals surface area contributed by atoms with Gasteiger partial charge in [-0.05, 0) is 6.07 Å². The lowest BCUT2D eigenvalue weighted by molar-refractivity contribution is 0.0944. The lowest BCUT2D eigenvalue weighted by Crippen LogP contribution is -2.28. The maximum Gasteiger partial charge on any atom is 0.272 e. The summed E-state index contributed by atoms with van der Waals surface area (Å²) in [5, 5.41) is 13.3. The molecule has 1 amide bonds. The zero-order valence-corrected chi connectivity index (χ0v) is 14.6. The molecule has 3 rings (SSSR count). The number of benzene rings is 1. The van der Waals surface area contributed by atoms with Crippen LogP contribution in [0.5, 0.6) is 17.2 Å². The summed E-state index contributed by atoms with van der Waals surface area (Å²) in [5.41, 5.74) is 3.17. The lowest BCUT2D eigenvalue weighted by Gasteiger charge is -2.15. The molecule has 2 aromatic rings. The van der Waals surface area contributed by atoms with Gasteiger partial charge in [0.1, 0.15) is 5.75 Å². The third-order valence-corrected chi connectivity index (χ3v) is 4.25. The minimum absolute atomic E-state index is 0.224. The van der Waals surface area contributed by atoms with Gasteiger partial charge in [0.2, 0.25) is 0 Å². The number of carbonyl (C=O) groups excluding carboxylic acids is 1. The summed E-state index contributed by atoms with van der Waals surface area (Å²) in [6, 6.07) is 3.53. The molecule has 0 fully saturated rings. The van der Waals surface area contributed by atoms with Crippen LogP contribution in [0, 0.1) is 0 Å². The van der Waals surface area contributed by atoms with E-state index in [1.54, 1.807) is 33.5 Å². The summed E-state index contributed by atoms with van der Waals surface area (Å²) in [4.78, 5) is 12.5. The van der Waals surface area contributed by atoms with Crippen molar-refractivity contribution >= 4 is 5.91 Å². The fraction of sp³-hybridized carbons (Fsp3) is 0.412. The molecule has 134 valence electrons. The Hall–Kier alpha value is -2.74. The first-order valence-electron chi connectivity index (χ1n) is 8.01. The third-order valence-electron chi connectivity index (χ3n) is 4.25. The zero-order valence-electron chi connectivity index (χ0n) is 14.6. The van der Waals surface area contributed by atoms with E-state index in [9.17, 15) is 4.79 Å². The van der Waals surface area contributed by atoms with Gasteiger partial charge in [-0.1, -0.05) is 0 Å². The summed E-state index contributed by atoms with van der Waals surface area (Å²) in [6.45, 7) is 1.82. The number of hydrogen-bond donors (Lipinski definition) is 3. The number of hydrogen-bond acceptors (Lipinski definition) is 6. The van der Waals surface area contributed by atoms with Crippen molar-refractivity contribution in [2.75, 3.05) is 27.9 Å². The maximum absolute atomic E-state index is 12.5. The molecule has 25 heavy (non-hydrogen) atoms. The molecule has 3 N–H and O–H groups in total. The molecule has 0 atom stereocenters. The quantitative estimate of drug-likeness (QED) is 0.722. The maximum atomic E-state index is 12.5. The Bertz CT molecular complexity index is 772. The second kappa shape index (κ2) is 7.43. The van der Waals surface area contributed by atoms with E-state index in [-0.39, 0.29) is 12.5 Å². The molecule has 0 saturated carbocycles. The molecule has 8 heteroatoms. The van der Waals surface area contributed by atoms with E-state index in [4.69, 9.17) is 14.2 Å². The Morgan fingerprint density at radius 3 is 2.60 bits per heavy atom. The summed E-state index contributed by atoms with van der Waals surface area (Å²) < 4.78 is 16.0. The SMILES string of the molecule is COc1cc(OC)c(OC)cc1CNC(=O)c1n[nH]c2c1CNCC2. The van der Waals surface area contributed by atoms with E-state index in [2.05, 4.69) is 20.8 Å². The first kappa shape index (κ1) is 17.1. The largest absolute Gasteiger partial charge is 0.496 e. The fourth-order valence-electron chi connectivity index (χ4n) is 2.90. The van der Waals surface area contributed by atoms with Crippen LogP contribution in [0.4, 0.5) is 0 Å². The monoisotopic (exact) mass is 346 g/mol. The highest BCUT2D eigenvalue weighted by atomic mass is 16.5. The van der Waals surface area contributed by atoms with Crippen molar-refractivity contribution in [3.63, 3.8) is 0 Å². The second-order valence-electron chi connectivity index (χ2n) is 5.66. The number of carbonyl (C=O) groups is 1. The first-order valence-corrected chi connectivity index (χ1v) is 8.01. The summed E-state index contributed by atoms with van der Waals surface area (Å²) in [6.07, 6.45) is 0.846. The molecule has 0 bridgehead atoms. The van der Waals surface area contributed by atoms with Crippen LogP contribution in [0.2, 0.25) is 0 Å². The molecule has 1 aromatic carbocycles. The molecule has 0 radical (unpaired) electrons. The second-order valence-corrected chi connectivity index (χ2v) is 5.66. The number of methoxy groups -OCH3 is 3. The van der Waals surface area contributed by atoms with Gasteiger partial charge in [0, 0.05) is 48.9 Å². The molecule has 1 aliphatic rings. The molecule has 1 aliphatic heterocycles. The Labute approximate surface area is 145 Å². The van der Waals surface area contributed by atoms with Crippen LogP contribution in [-0.4, -0.2) is 44.0 Å². The van der Waals surface area contributed by atoms with Crippen molar-refractivity contribution in [2.45, 2.75) is 19.5 Å². The van der Waals surface area contributed by atoms with Crippen molar-refractivity contribution < 1.29 is 19.0 Å². The van der Waals surface area contributed by atoms with E-state index < -0.39 is 0 Å². The van der Waals surface area contributed by atoms with Crippen molar-refractivity contribution in [2.24, 2.45) is 0 Å². The van der Waals surface area contributed by atoms with E-state index in [1.165, 1.54) is 0 Å². The first-order chi connectivity index (χ1) is 12.2. The van der Waals surface area contributed by atoms with E-state index >= 15 is 0 Å². The normalized spacial score (nSPS) is 13.1. The average Bonchev–Trinajstić information content (AvgIpc) is 3.09. The molecular formula is C17H22N4O4. The minimum atomic E-state index is -0.224. The van der Waals surface area contributed by atoms with Crippen LogP contribution < -0.4 is 24.8 Å². The number of ether oxygens (including phenoxy) is 3. The summed E-state index contributed by atoms with van der Waals surface area (Å²) in [5.74, 6) is 1.54. The van der Waals surface area contributed by atoms with E-state index in [0.717, 1.165) is 29.8 Å². The Morgan fingerprint density at radius 2 is 1.88 bits per heavy atom. The van der Waals surface area contributed by atoms with Gasteiger partial charge in [0.25, 0.3) is 5.91 Å². The number of aromatic amines is 1. The Morgan fingerprint density at radius 1 is 1.16 bits per heavy atom. The number of fused-ring (bicyclic) bond motifs is 1. The highest BCUT2D eigenvalue weighted by Gasteiger charge is 2.22. The van der Waals surface area contributed by atoms with Crippen LogP contribution in [0.25, 0.3) is 0 Å². The van der Waals surface area contributed by atoms with Crippen molar-refractivity contribution in [1.29, 1.82) is 0 Å². The smallest absolute Gasteiger partial charge is 0.272 e. The molecule has 1 aromatic heterocycles. The number of nitrogens with one attached hydrogen (secondary N) is 3. The average molecular weight is 346 g/mol. The van der Waals surface area contributed by atoms with Gasteiger partial charge < -0.3 is 24.8 Å². The van der Waals surface area contributed by atoms with E-state index in [0.29, 0.717) is 29.5 Å². The molecule has 0 spiro atoms. The third kappa shape index (κ3) is 3.39. The fourth-order valence-corrected chi connectivity index (χ4v) is 2.90. The van der Waals surface area contributed by atoms with Crippen LogP contribution in [0.15, 0.2) is 12.1 Å². The lowest BCUT2D eigenvalue weighted by atomic mass is 10.1. The number of H-pyrrole nitrogens is 1. The van der Waals surface area contributed by atoms with Gasteiger partial charge in [0.15, 0.2) is 17.2 Å². The number of aromatic nitrogens is 2. The van der Waals surface area contributed by atoms with Crippen molar-refractivity contribution in [3.8, 4) is 17.2 Å². The predicted octanol–water partition coefficient (Wildman–Crippen LogP) is 1.01. The topological polar surface area (TPSA) is 97.5 Å². The van der Waals surface area contributed by atoms with Gasteiger partial charge in [-0.2, -0.15) is 5.10 Å². The number of amides is 1. The van der Waals surface area contributed by atoms with Crippen molar-refractivity contribution in [1.82, 2.24) is 20.8 Å².